The number of Topliss-reactive ketones (excluding diaryl/α,β-unsaturated/α-hetero) is 1. The Balaban J connectivity index is 1.54. The van der Waals surface area contributed by atoms with Gasteiger partial charge < -0.3 is 10.3 Å². The van der Waals surface area contributed by atoms with Crippen LogP contribution >= 0.6 is 0 Å². The number of rotatable bonds is 3. The molecular weight excluding hydrogens is 328 g/mol. The molecule has 1 aliphatic carbocycles. The predicted molar refractivity (Wildman–Crippen MR) is 99.5 cm³/mol. The minimum absolute atomic E-state index is 0.0196. The number of nitrogens with one attached hydrogen (secondary N) is 2. The molecular formula is C20H20N4O2. The number of ketones is 1. The van der Waals surface area contributed by atoms with Gasteiger partial charge in [-0.2, -0.15) is 0 Å². The Hall–Kier alpha value is -3.02. The van der Waals surface area contributed by atoms with Gasteiger partial charge in [-0.05, 0) is 42.7 Å². The first-order chi connectivity index (χ1) is 12.6. The van der Waals surface area contributed by atoms with Crippen LogP contribution in [0, 0.1) is 11.8 Å². The van der Waals surface area contributed by atoms with Crippen molar-refractivity contribution in [1.82, 2.24) is 15.0 Å². The van der Waals surface area contributed by atoms with Crippen molar-refractivity contribution in [2.24, 2.45) is 11.8 Å². The van der Waals surface area contributed by atoms with E-state index >= 15 is 0 Å². The Morgan fingerprint density at radius 2 is 2.15 bits per heavy atom. The number of H-pyrrole nitrogens is 1. The average molecular weight is 348 g/mol. The number of aromatic amines is 1. The summed E-state index contributed by atoms with van der Waals surface area (Å²) < 4.78 is 0. The minimum Gasteiger partial charge on any atom is -0.337 e. The second-order valence-electron chi connectivity index (χ2n) is 6.89. The molecule has 2 aromatic heterocycles. The number of fused-ring (bicyclic) bond motifs is 1. The summed E-state index contributed by atoms with van der Waals surface area (Å²) >= 11 is 0. The molecule has 3 aromatic rings. The summed E-state index contributed by atoms with van der Waals surface area (Å²) in [4.78, 5) is 36.2. The smallest absolute Gasteiger partial charge is 0.227 e. The number of anilines is 1. The van der Waals surface area contributed by atoms with Crippen LogP contribution < -0.4 is 5.32 Å². The lowest BCUT2D eigenvalue weighted by Gasteiger charge is -2.26. The quantitative estimate of drug-likeness (QED) is 0.757. The number of aromatic nitrogens is 3. The summed E-state index contributed by atoms with van der Waals surface area (Å²) in [6, 6.07) is 11.3. The lowest BCUT2D eigenvalue weighted by atomic mass is 9.79. The van der Waals surface area contributed by atoms with E-state index in [1.165, 1.54) is 0 Å². The molecule has 0 spiro atoms. The van der Waals surface area contributed by atoms with Crippen molar-refractivity contribution >= 4 is 28.4 Å². The molecule has 1 aliphatic rings. The fourth-order valence-electron chi connectivity index (χ4n) is 3.54. The molecule has 6 nitrogen and oxygen atoms in total. The molecule has 1 saturated carbocycles. The van der Waals surface area contributed by atoms with Crippen LogP contribution in [0.5, 0.6) is 0 Å². The molecule has 2 atom stereocenters. The molecule has 2 N–H and O–H groups in total. The van der Waals surface area contributed by atoms with E-state index in [1.54, 1.807) is 6.20 Å². The Kier molecular flexibility index (Phi) is 4.24. The zero-order valence-electron chi connectivity index (χ0n) is 14.5. The third kappa shape index (κ3) is 3.22. The van der Waals surface area contributed by atoms with E-state index in [0.717, 1.165) is 22.4 Å². The van der Waals surface area contributed by atoms with Crippen molar-refractivity contribution in [3.8, 4) is 11.5 Å². The van der Waals surface area contributed by atoms with E-state index in [9.17, 15) is 9.59 Å². The second-order valence-corrected chi connectivity index (χ2v) is 6.89. The van der Waals surface area contributed by atoms with E-state index in [4.69, 9.17) is 0 Å². The molecule has 0 radical (unpaired) electrons. The highest BCUT2D eigenvalue weighted by molar-refractivity contribution is 5.96. The number of amides is 1. The van der Waals surface area contributed by atoms with E-state index in [-0.39, 0.29) is 23.5 Å². The molecule has 2 heterocycles. The van der Waals surface area contributed by atoms with Gasteiger partial charge in [0.1, 0.15) is 11.5 Å². The zero-order chi connectivity index (χ0) is 18.1. The highest BCUT2D eigenvalue weighted by Crippen LogP contribution is 2.29. The standard InChI is InChI=1S/C20H20N4O2/c1-12-10-14(25)6-7-15(12)20(26)22-13-5-8-16-18(11-13)24-19(23-16)17-4-2-3-9-21-17/h2-5,8-9,11-12,15H,6-7,10H2,1H3,(H,22,26)(H,23,24)/t12-,15+/m1/s1. The van der Waals surface area contributed by atoms with E-state index in [1.807, 2.05) is 43.3 Å². The van der Waals surface area contributed by atoms with Crippen LogP contribution in [-0.2, 0) is 9.59 Å². The molecule has 4 rings (SSSR count). The van der Waals surface area contributed by atoms with Crippen LogP contribution in [0.1, 0.15) is 26.2 Å². The van der Waals surface area contributed by atoms with Crippen LogP contribution in [0.25, 0.3) is 22.6 Å². The number of imidazole rings is 1. The van der Waals surface area contributed by atoms with Gasteiger partial charge >= 0.3 is 0 Å². The van der Waals surface area contributed by atoms with E-state index < -0.39 is 0 Å². The Bertz CT molecular complexity index is 964. The first-order valence-electron chi connectivity index (χ1n) is 8.84. The van der Waals surface area contributed by atoms with E-state index in [0.29, 0.717) is 25.1 Å². The highest BCUT2D eigenvalue weighted by atomic mass is 16.2. The summed E-state index contributed by atoms with van der Waals surface area (Å²) in [7, 11) is 0. The SMILES string of the molecule is C[C@@H]1CC(=O)CC[C@@H]1C(=O)Nc1ccc2nc(-c3ccccn3)[nH]c2c1. The lowest BCUT2D eigenvalue weighted by Crippen LogP contribution is -2.33. The largest absolute Gasteiger partial charge is 0.337 e. The number of carbonyl (C=O) groups is 2. The number of pyridine rings is 1. The normalized spacial score (nSPS) is 20.3. The number of carbonyl (C=O) groups excluding carboxylic acids is 2. The monoisotopic (exact) mass is 348 g/mol. The number of hydrogen-bond acceptors (Lipinski definition) is 4. The van der Waals surface area contributed by atoms with Gasteiger partial charge in [0, 0.05) is 30.6 Å². The van der Waals surface area contributed by atoms with E-state index in [2.05, 4.69) is 20.3 Å². The first-order valence-corrected chi connectivity index (χ1v) is 8.84. The van der Waals surface area contributed by atoms with Crippen molar-refractivity contribution in [1.29, 1.82) is 0 Å². The van der Waals surface area contributed by atoms with Crippen LogP contribution in [-0.4, -0.2) is 26.6 Å². The van der Waals surface area contributed by atoms with Gasteiger partial charge in [-0.25, -0.2) is 4.98 Å². The summed E-state index contributed by atoms with van der Waals surface area (Å²) in [5, 5.41) is 2.98. The third-order valence-corrected chi connectivity index (χ3v) is 4.96. The molecule has 0 saturated heterocycles. The van der Waals surface area contributed by atoms with Gasteiger partial charge in [-0.3, -0.25) is 14.6 Å². The van der Waals surface area contributed by atoms with Crippen LogP contribution in [0.3, 0.4) is 0 Å². The molecule has 26 heavy (non-hydrogen) atoms. The summed E-state index contributed by atoms with van der Waals surface area (Å²) in [5.74, 6) is 0.900. The van der Waals surface area contributed by atoms with Gasteiger partial charge in [0.15, 0.2) is 5.82 Å². The fourth-order valence-corrected chi connectivity index (χ4v) is 3.54. The van der Waals surface area contributed by atoms with Crippen molar-refractivity contribution in [2.75, 3.05) is 5.32 Å². The summed E-state index contributed by atoms with van der Waals surface area (Å²) in [6.45, 7) is 1.97. The van der Waals surface area contributed by atoms with Crippen LogP contribution in [0.4, 0.5) is 5.69 Å². The number of benzene rings is 1. The maximum absolute atomic E-state index is 12.6. The molecule has 0 bridgehead atoms. The molecule has 1 amide bonds. The van der Waals surface area contributed by atoms with Gasteiger partial charge in [0.2, 0.25) is 5.91 Å². The maximum Gasteiger partial charge on any atom is 0.227 e. The first kappa shape index (κ1) is 16.4. The van der Waals surface area contributed by atoms with Crippen LogP contribution in [0.2, 0.25) is 0 Å². The Labute approximate surface area is 151 Å². The number of hydrogen-bond donors (Lipinski definition) is 2. The Morgan fingerprint density at radius 1 is 1.27 bits per heavy atom. The molecule has 1 aromatic carbocycles. The topological polar surface area (TPSA) is 87.7 Å². The molecule has 6 heteroatoms. The predicted octanol–water partition coefficient (Wildman–Crippen LogP) is 3.57. The molecule has 0 unspecified atom stereocenters. The second kappa shape index (κ2) is 6.71. The van der Waals surface area contributed by atoms with Crippen molar-refractivity contribution in [3.63, 3.8) is 0 Å². The molecule has 0 aliphatic heterocycles. The van der Waals surface area contributed by atoms with Gasteiger partial charge in [0.25, 0.3) is 0 Å². The summed E-state index contributed by atoms with van der Waals surface area (Å²) in [5.41, 5.74) is 3.16. The Morgan fingerprint density at radius 3 is 2.92 bits per heavy atom. The third-order valence-electron chi connectivity index (χ3n) is 4.96. The average Bonchev–Trinajstić information content (AvgIpc) is 3.05. The van der Waals surface area contributed by atoms with Crippen molar-refractivity contribution in [3.05, 3.63) is 42.6 Å². The zero-order valence-corrected chi connectivity index (χ0v) is 14.5. The van der Waals surface area contributed by atoms with Crippen molar-refractivity contribution < 1.29 is 9.59 Å². The lowest BCUT2D eigenvalue weighted by molar-refractivity contribution is -0.127. The van der Waals surface area contributed by atoms with Gasteiger partial charge in [-0.15, -0.1) is 0 Å². The summed E-state index contributed by atoms with van der Waals surface area (Å²) in [6.07, 6.45) is 3.34. The van der Waals surface area contributed by atoms with Gasteiger partial charge in [0.05, 0.1) is 11.0 Å². The van der Waals surface area contributed by atoms with Crippen LogP contribution in [0.15, 0.2) is 42.6 Å². The maximum atomic E-state index is 12.6. The highest BCUT2D eigenvalue weighted by Gasteiger charge is 2.31. The minimum atomic E-state index is -0.116. The fraction of sp³-hybridized carbons (Fsp3) is 0.300. The van der Waals surface area contributed by atoms with Gasteiger partial charge in [-0.1, -0.05) is 13.0 Å². The molecule has 1 fully saturated rings. The number of nitrogens with zero attached hydrogens (tertiary/aromatic N) is 2. The molecule has 132 valence electrons. The van der Waals surface area contributed by atoms with Crippen molar-refractivity contribution in [2.45, 2.75) is 26.2 Å².